The highest BCUT2D eigenvalue weighted by atomic mass is 16.8. The highest BCUT2D eigenvalue weighted by molar-refractivity contribution is 6.10. The van der Waals surface area contributed by atoms with Crippen molar-refractivity contribution in [2.75, 3.05) is 13.7 Å². The van der Waals surface area contributed by atoms with Crippen LogP contribution in [0.3, 0.4) is 0 Å². The van der Waals surface area contributed by atoms with Gasteiger partial charge in [0, 0.05) is 41.0 Å². The Hall–Kier alpha value is -3.49. The third-order valence-electron chi connectivity index (χ3n) is 7.02. The molecular formula is C27H28N4O4. The van der Waals surface area contributed by atoms with Crippen molar-refractivity contribution in [2.24, 2.45) is 0 Å². The SMILES string of the molecule is COc1cc2[nH]ncc2c2c3c(c(-c4ccc(C(=O)NOC5CCCCO5)cc4)nc12)CCCC3. The van der Waals surface area contributed by atoms with Gasteiger partial charge in [0.05, 0.1) is 24.5 Å². The lowest BCUT2D eigenvalue weighted by Gasteiger charge is -2.23. The molecule has 1 unspecified atom stereocenters. The number of carbonyl (C=O) groups excluding carboxylic acids is 1. The molecule has 2 aromatic carbocycles. The second kappa shape index (κ2) is 9.28. The van der Waals surface area contributed by atoms with Crippen LogP contribution in [0.2, 0.25) is 0 Å². The number of amides is 1. The highest BCUT2D eigenvalue weighted by Crippen LogP contribution is 2.41. The van der Waals surface area contributed by atoms with Gasteiger partial charge in [-0.3, -0.25) is 9.89 Å². The summed E-state index contributed by atoms with van der Waals surface area (Å²) in [6, 6.07) is 9.50. The number of hydroxylamine groups is 1. The number of hydrogen-bond donors (Lipinski definition) is 2. The standard InChI is InChI=1S/C27H28N4O4/c1-33-22-14-21-20(15-28-30-21)24-18-6-2-3-7-19(18)25(29-26(22)24)16-9-11-17(12-10-16)27(32)31-35-23-8-4-5-13-34-23/h9-12,14-15,23H,2-8,13H2,1H3,(H,28,30)(H,31,32). The molecule has 2 aromatic heterocycles. The number of pyridine rings is 1. The number of aromatic amines is 1. The monoisotopic (exact) mass is 472 g/mol. The number of rotatable bonds is 5. The summed E-state index contributed by atoms with van der Waals surface area (Å²) in [5.41, 5.74) is 9.38. The maximum absolute atomic E-state index is 12.6. The van der Waals surface area contributed by atoms with Gasteiger partial charge in [-0.25, -0.2) is 15.3 Å². The molecule has 3 heterocycles. The van der Waals surface area contributed by atoms with Gasteiger partial charge in [-0.2, -0.15) is 5.10 Å². The van der Waals surface area contributed by atoms with Gasteiger partial charge in [0.25, 0.3) is 5.91 Å². The Balaban J connectivity index is 1.36. The van der Waals surface area contributed by atoms with Crippen LogP contribution in [0.5, 0.6) is 5.75 Å². The van der Waals surface area contributed by atoms with E-state index in [1.54, 1.807) is 7.11 Å². The van der Waals surface area contributed by atoms with Crippen LogP contribution in [0.1, 0.15) is 53.6 Å². The van der Waals surface area contributed by atoms with Crippen molar-refractivity contribution >= 4 is 27.7 Å². The van der Waals surface area contributed by atoms with Crippen LogP contribution in [0.4, 0.5) is 0 Å². The molecule has 1 aliphatic carbocycles. The first-order chi connectivity index (χ1) is 17.2. The van der Waals surface area contributed by atoms with E-state index in [-0.39, 0.29) is 12.2 Å². The summed E-state index contributed by atoms with van der Waals surface area (Å²) in [5, 5.41) is 9.54. The lowest BCUT2D eigenvalue weighted by molar-refractivity contribution is -0.186. The van der Waals surface area contributed by atoms with Crippen LogP contribution >= 0.6 is 0 Å². The molecule has 2 aliphatic rings. The van der Waals surface area contributed by atoms with Crippen LogP contribution in [0.15, 0.2) is 36.5 Å². The minimum Gasteiger partial charge on any atom is -0.494 e. The molecule has 8 nitrogen and oxygen atoms in total. The second-order valence-corrected chi connectivity index (χ2v) is 9.18. The number of ether oxygens (including phenoxy) is 2. The van der Waals surface area contributed by atoms with Gasteiger partial charge < -0.3 is 9.47 Å². The van der Waals surface area contributed by atoms with E-state index in [4.69, 9.17) is 19.3 Å². The average molecular weight is 473 g/mol. The largest absolute Gasteiger partial charge is 0.494 e. The van der Waals surface area contributed by atoms with Crippen molar-refractivity contribution in [2.45, 2.75) is 51.2 Å². The molecule has 2 N–H and O–H groups in total. The van der Waals surface area contributed by atoms with E-state index >= 15 is 0 Å². The van der Waals surface area contributed by atoms with Gasteiger partial charge in [-0.15, -0.1) is 0 Å². The molecule has 180 valence electrons. The van der Waals surface area contributed by atoms with Crippen molar-refractivity contribution < 1.29 is 19.1 Å². The van der Waals surface area contributed by atoms with Crippen LogP contribution in [-0.4, -0.2) is 41.1 Å². The van der Waals surface area contributed by atoms with Crippen molar-refractivity contribution in [1.82, 2.24) is 20.7 Å². The predicted molar refractivity (Wildman–Crippen MR) is 132 cm³/mol. The lowest BCUT2D eigenvalue weighted by Crippen LogP contribution is -2.33. The van der Waals surface area contributed by atoms with Crippen LogP contribution in [0.25, 0.3) is 33.1 Å². The Labute approximate surface area is 202 Å². The zero-order chi connectivity index (χ0) is 23.8. The summed E-state index contributed by atoms with van der Waals surface area (Å²) >= 11 is 0. The molecule has 0 spiro atoms. The molecule has 1 aliphatic heterocycles. The number of carbonyl (C=O) groups is 1. The van der Waals surface area contributed by atoms with E-state index in [1.165, 1.54) is 11.1 Å². The van der Waals surface area contributed by atoms with Crippen LogP contribution < -0.4 is 10.2 Å². The minimum atomic E-state index is -0.378. The highest BCUT2D eigenvalue weighted by Gasteiger charge is 2.23. The number of aryl methyl sites for hydroxylation is 1. The predicted octanol–water partition coefficient (Wildman–Crippen LogP) is 4.85. The van der Waals surface area contributed by atoms with E-state index in [0.717, 1.165) is 83.8 Å². The number of fused-ring (bicyclic) bond motifs is 5. The van der Waals surface area contributed by atoms with Crippen molar-refractivity contribution in [1.29, 1.82) is 0 Å². The number of benzene rings is 2. The first-order valence-electron chi connectivity index (χ1n) is 12.3. The normalized spacial score (nSPS) is 17.9. The minimum absolute atomic E-state index is 0.289. The molecule has 1 fully saturated rings. The molecule has 0 saturated carbocycles. The van der Waals surface area contributed by atoms with Crippen LogP contribution in [0, 0.1) is 0 Å². The molecule has 0 radical (unpaired) electrons. The smallest absolute Gasteiger partial charge is 0.274 e. The molecular weight excluding hydrogens is 444 g/mol. The number of aromatic nitrogens is 3. The third kappa shape index (κ3) is 4.02. The first kappa shape index (κ1) is 22.0. The van der Waals surface area contributed by atoms with E-state index in [9.17, 15) is 4.79 Å². The van der Waals surface area contributed by atoms with Crippen LogP contribution in [-0.2, 0) is 22.4 Å². The van der Waals surface area contributed by atoms with Gasteiger partial charge in [-0.05, 0) is 61.8 Å². The molecule has 1 atom stereocenters. The zero-order valence-corrected chi connectivity index (χ0v) is 19.7. The molecule has 35 heavy (non-hydrogen) atoms. The van der Waals surface area contributed by atoms with Crippen molar-refractivity contribution in [3.8, 4) is 17.0 Å². The molecule has 1 amide bonds. The average Bonchev–Trinajstić information content (AvgIpc) is 3.40. The molecule has 8 heteroatoms. The van der Waals surface area contributed by atoms with E-state index in [2.05, 4.69) is 15.7 Å². The Kier molecular flexibility index (Phi) is 5.83. The second-order valence-electron chi connectivity index (χ2n) is 9.18. The van der Waals surface area contributed by atoms with E-state index in [0.29, 0.717) is 12.2 Å². The summed E-state index contributed by atoms with van der Waals surface area (Å²) in [7, 11) is 1.67. The molecule has 6 rings (SSSR count). The fraction of sp³-hybridized carbons (Fsp3) is 0.370. The van der Waals surface area contributed by atoms with E-state index in [1.807, 2.05) is 36.5 Å². The maximum atomic E-state index is 12.6. The number of H-pyrrole nitrogens is 1. The summed E-state index contributed by atoms with van der Waals surface area (Å²) in [6.45, 7) is 0.662. The van der Waals surface area contributed by atoms with Gasteiger partial charge in [0.1, 0.15) is 11.3 Å². The van der Waals surface area contributed by atoms with Crippen molar-refractivity contribution in [3.05, 3.63) is 53.2 Å². The summed E-state index contributed by atoms with van der Waals surface area (Å²) < 4.78 is 11.2. The topological polar surface area (TPSA) is 98.4 Å². The van der Waals surface area contributed by atoms with Crippen molar-refractivity contribution in [3.63, 3.8) is 0 Å². The third-order valence-corrected chi connectivity index (χ3v) is 7.02. The Morgan fingerprint density at radius 3 is 2.71 bits per heavy atom. The molecule has 1 saturated heterocycles. The number of nitrogens with zero attached hydrogens (tertiary/aromatic N) is 2. The quantitative estimate of drug-likeness (QED) is 0.403. The Bertz CT molecular complexity index is 1390. The Morgan fingerprint density at radius 1 is 1.11 bits per heavy atom. The fourth-order valence-corrected chi connectivity index (χ4v) is 5.25. The summed E-state index contributed by atoms with van der Waals surface area (Å²) in [5.74, 6) is 0.438. The zero-order valence-electron chi connectivity index (χ0n) is 19.7. The number of hydrogen-bond acceptors (Lipinski definition) is 6. The number of methoxy groups -OCH3 is 1. The van der Waals surface area contributed by atoms with Gasteiger partial charge in [0.15, 0.2) is 6.29 Å². The maximum Gasteiger partial charge on any atom is 0.274 e. The Morgan fingerprint density at radius 2 is 1.94 bits per heavy atom. The lowest BCUT2D eigenvalue weighted by atomic mass is 9.85. The van der Waals surface area contributed by atoms with Gasteiger partial charge in [0.2, 0.25) is 0 Å². The number of nitrogens with one attached hydrogen (secondary N) is 2. The first-order valence-corrected chi connectivity index (χ1v) is 12.3. The summed E-state index contributed by atoms with van der Waals surface area (Å²) in [6.07, 6.45) is 8.59. The van der Waals surface area contributed by atoms with Gasteiger partial charge in [-0.1, -0.05) is 12.1 Å². The molecule has 0 bridgehead atoms. The van der Waals surface area contributed by atoms with Gasteiger partial charge >= 0.3 is 0 Å². The molecule has 4 aromatic rings. The summed E-state index contributed by atoms with van der Waals surface area (Å²) in [4.78, 5) is 23.2. The van der Waals surface area contributed by atoms with E-state index < -0.39 is 0 Å². The fourth-order valence-electron chi connectivity index (χ4n) is 5.25.